The van der Waals surface area contributed by atoms with Crippen LogP contribution in [0.3, 0.4) is 0 Å². The number of rotatable bonds is 6. The molecule has 106 valence electrons. The predicted molar refractivity (Wildman–Crippen MR) is 73.4 cm³/mol. The number of carbonyl (C=O) groups excluding carboxylic acids is 3. The number of Topliss-reactive ketones (excluding diaryl/α,β-unsaturated/α-hetero) is 1. The molecule has 0 saturated carbocycles. The maximum absolute atomic E-state index is 12.6. The molecule has 0 aliphatic carbocycles. The van der Waals surface area contributed by atoms with Crippen LogP contribution in [0.4, 0.5) is 0 Å². The first-order valence-corrected chi connectivity index (χ1v) is 6.92. The number of nitrogens with zero attached hydrogens (tertiary/aromatic N) is 1. The van der Waals surface area contributed by atoms with Crippen molar-refractivity contribution in [1.29, 1.82) is 0 Å². The minimum atomic E-state index is -0.446. The van der Waals surface area contributed by atoms with Gasteiger partial charge in [0.2, 0.25) is 11.8 Å². The highest BCUT2D eigenvalue weighted by atomic mass is 16.2. The van der Waals surface area contributed by atoms with Crippen molar-refractivity contribution in [2.45, 2.75) is 52.4 Å². The monoisotopic (exact) mass is 265 g/mol. The van der Waals surface area contributed by atoms with Gasteiger partial charge in [0.25, 0.3) is 0 Å². The van der Waals surface area contributed by atoms with Crippen LogP contribution in [0, 0.1) is 5.41 Å². The molecule has 1 rings (SSSR count). The number of ketones is 1. The van der Waals surface area contributed by atoms with E-state index in [1.165, 1.54) is 11.8 Å². The second kappa shape index (κ2) is 6.64. The molecule has 4 nitrogen and oxygen atoms in total. The SMILES string of the molecule is C=CCCC1(CC)CCCN(C(=O)CC(C)=O)C1=O. The molecule has 0 spiro atoms. The summed E-state index contributed by atoms with van der Waals surface area (Å²) in [6.07, 6.45) is 5.50. The Labute approximate surface area is 114 Å². The molecular weight excluding hydrogens is 242 g/mol. The van der Waals surface area contributed by atoms with E-state index in [1.54, 1.807) is 6.08 Å². The van der Waals surface area contributed by atoms with Gasteiger partial charge < -0.3 is 0 Å². The van der Waals surface area contributed by atoms with Crippen LogP contribution in [-0.4, -0.2) is 29.0 Å². The molecule has 1 heterocycles. The van der Waals surface area contributed by atoms with E-state index in [0.29, 0.717) is 6.54 Å². The van der Waals surface area contributed by atoms with Crippen molar-refractivity contribution in [3.05, 3.63) is 12.7 Å². The Morgan fingerprint density at radius 3 is 2.68 bits per heavy atom. The molecule has 0 aromatic heterocycles. The fourth-order valence-corrected chi connectivity index (χ4v) is 2.73. The topological polar surface area (TPSA) is 54.5 Å². The van der Waals surface area contributed by atoms with Gasteiger partial charge in [0.15, 0.2) is 0 Å². The lowest BCUT2D eigenvalue weighted by molar-refractivity contribution is -0.156. The lowest BCUT2D eigenvalue weighted by Gasteiger charge is -2.40. The molecule has 1 unspecified atom stereocenters. The van der Waals surface area contributed by atoms with E-state index >= 15 is 0 Å². The van der Waals surface area contributed by atoms with E-state index in [0.717, 1.165) is 32.1 Å². The molecular formula is C15H23NO3. The summed E-state index contributed by atoms with van der Waals surface area (Å²) in [5.41, 5.74) is -0.446. The number of piperidine rings is 1. The maximum atomic E-state index is 12.6. The largest absolute Gasteiger partial charge is 0.299 e. The number of allylic oxidation sites excluding steroid dienone is 1. The fourth-order valence-electron chi connectivity index (χ4n) is 2.73. The van der Waals surface area contributed by atoms with Crippen LogP contribution in [-0.2, 0) is 14.4 Å². The molecule has 19 heavy (non-hydrogen) atoms. The molecule has 1 atom stereocenters. The van der Waals surface area contributed by atoms with Gasteiger partial charge in [-0.2, -0.15) is 0 Å². The molecule has 1 saturated heterocycles. The molecule has 0 N–H and O–H groups in total. The Bertz CT molecular complexity index is 389. The number of likely N-dealkylation sites (tertiary alicyclic amines) is 1. The van der Waals surface area contributed by atoms with Gasteiger partial charge in [-0.25, -0.2) is 0 Å². The number of imide groups is 1. The molecule has 1 aliphatic rings. The van der Waals surface area contributed by atoms with Crippen molar-refractivity contribution < 1.29 is 14.4 Å². The Hall–Kier alpha value is -1.45. The summed E-state index contributed by atoms with van der Waals surface area (Å²) in [7, 11) is 0. The normalized spacial score (nSPS) is 23.3. The first kappa shape index (κ1) is 15.6. The van der Waals surface area contributed by atoms with Crippen LogP contribution in [0.15, 0.2) is 12.7 Å². The van der Waals surface area contributed by atoms with Crippen molar-refractivity contribution in [3.63, 3.8) is 0 Å². The minimum Gasteiger partial charge on any atom is -0.299 e. The summed E-state index contributed by atoms with van der Waals surface area (Å²) in [5, 5.41) is 0. The molecule has 0 bridgehead atoms. The lowest BCUT2D eigenvalue weighted by atomic mass is 9.73. The fraction of sp³-hybridized carbons (Fsp3) is 0.667. The van der Waals surface area contributed by atoms with Gasteiger partial charge in [-0.15, -0.1) is 6.58 Å². The Kier molecular flexibility index (Phi) is 5.45. The number of hydrogen-bond acceptors (Lipinski definition) is 3. The highest BCUT2D eigenvalue weighted by Gasteiger charge is 2.43. The Balaban J connectivity index is 2.86. The standard InChI is InChI=1S/C15H23NO3/c1-4-6-8-15(5-2)9-7-10-16(14(15)19)13(18)11-12(3)17/h4H,1,5-11H2,2-3H3. The maximum Gasteiger partial charge on any atom is 0.236 e. The van der Waals surface area contributed by atoms with Gasteiger partial charge >= 0.3 is 0 Å². The van der Waals surface area contributed by atoms with Crippen molar-refractivity contribution in [2.75, 3.05) is 6.54 Å². The number of hydrogen-bond donors (Lipinski definition) is 0. The number of amides is 2. The predicted octanol–water partition coefficient (Wildman–Crippen LogP) is 2.48. The smallest absolute Gasteiger partial charge is 0.236 e. The molecule has 0 aromatic rings. The summed E-state index contributed by atoms with van der Waals surface area (Å²) >= 11 is 0. The van der Waals surface area contributed by atoms with Crippen LogP contribution in [0.1, 0.15) is 52.4 Å². The van der Waals surface area contributed by atoms with Crippen LogP contribution >= 0.6 is 0 Å². The van der Waals surface area contributed by atoms with Crippen LogP contribution < -0.4 is 0 Å². The zero-order valence-electron chi connectivity index (χ0n) is 11.9. The van der Waals surface area contributed by atoms with Crippen LogP contribution in [0.5, 0.6) is 0 Å². The van der Waals surface area contributed by atoms with Gasteiger partial charge in [-0.3, -0.25) is 19.3 Å². The van der Waals surface area contributed by atoms with E-state index in [9.17, 15) is 14.4 Å². The van der Waals surface area contributed by atoms with Gasteiger partial charge in [0.05, 0.1) is 6.42 Å². The summed E-state index contributed by atoms with van der Waals surface area (Å²) in [4.78, 5) is 36.9. The third-order valence-corrected chi connectivity index (χ3v) is 3.94. The average Bonchev–Trinajstić information content (AvgIpc) is 2.37. The molecule has 4 heteroatoms. The quantitative estimate of drug-likeness (QED) is 0.547. The van der Waals surface area contributed by atoms with E-state index in [1.807, 2.05) is 6.92 Å². The molecule has 0 aromatic carbocycles. The first-order chi connectivity index (χ1) is 8.96. The van der Waals surface area contributed by atoms with Crippen molar-refractivity contribution in [3.8, 4) is 0 Å². The third-order valence-electron chi connectivity index (χ3n) is 3.94. The summed E-state index contributed by atoms with van der Waals surface area (Å²) in [5.74, 6) is -0.653. The minimum absolute atomic E-state index is 0.102. The zero-order chi connectivity index (χ0) is 14.5. The van der Waals surface area contributed by atoms with Crippen molar-refractivity contribution in [2.24, 2.45) is 5.41 Å². The van der Waals surface area contributed by atoms with Crippen LogP contribution in [0.2, 0.25) is 0 Å². The second-order valence-corrected chi connectivity index (χ2v) is 5.29. The summed E-state index contributed by atoms with van der Waals surface area (Å²) < 4.78 is 0. The molecule has 1 fully saturated rings. The Morgan fingerprint density at radius 2 is 2.16 bits per heavy atom. The average molecular weight is 265 g/mol. The summed E-state index contributed by atoms with van der Waals surface area (Å²) in [6, 6.07) is 0. The van der Waals surface area contributed by atoms with Crippen LogP contribution in [0.25, 0.3) is 0 Å². The van der Waals surface area contributed by atoms with E-state index in [-0.39, 0.29) is 24.0 Å². The van der Waals surface area contributed by atoms with E-state index < -0.39 is 5.41 Å². The summed E-state index contributed by atoms with van der Waals surface area (Å²) in [6.45, 7) is 7.50. The van der Waals surface area contributed by atoms with Gasteiger partial charge in [0, 0.05) is 12.0 Å². The van der Waals surface area contributed by atoms with Gasteiger partial charge in [0.1, 0.15) is 5.78 Å². The lowest BCUT2D eigenvalue weighted by Crippen LogP contribution is -2.51. The molecule has 0 radical (unpaired) electrons. The molecule has 1 aliphatic heterocycles. The molecule has 2 amide bonds. The first-order valence-electron chi connectivity index (χ1n) is 6.92. The van der Waals surface area contributed by atoms with Crippen molar-refractivity contribution >= 4 is 17.6 Å². The van der Waals surface area contributed by atoms with Gasteiger partial charge in [-0.05, 0) is 39.0 Å². The Morgan fingerprint density at radius 1 is 1.47 bits per heavy atom. The second-order valence-electron chi connectivity index (χ2n) is 5.29. The third kappa shape index (κ3) is 3.52. The highest BCUT2D eigenvalue weighted by Crippen LogP contribution is 2.39. The van der Waals surface area contributed by atoms with E-state index in [4.69, 9.17) is 0 Å². The van der Waals surface area contributed by atoms with E-state index in [2.05, 4.69) is 6.58 Å². The van der Waals surface area contributed by atoms with Crippen molar-refractivity contribution in [1.82, 2.24) is 4.90 Å². The van der Waals surface area contributed by atoms with Gasteiger partial charge in [-0.1, -0.05) is 13.0 Å². The zero-order valence-corrected chi connectivity index (χ0v) is 11.9. The highest BCUT2D eigenvalue weighted by molar-refractivity contribution is 6.05. The number of carbonyl (C=O) groups is 3.